The van der Waals surface area contributed by atoms with Gasteiger partial charge in [-0.15, -0.1) is 0 Å². The van der Waals surface area contributed by atoms with Gasteiger partial charge in [0, 0.05) is 4.47 Å². The third-order valence-electron chi connectivity index (χ3n) is 3.81. The summed E-state index contributed by atoms with van der Waals surface area (Å²) in [5.41, 5.74) is 1.33. The zero-order valence-electron chi connectivity index (χ0n) is 14.8. The Morgan fingerprint density at radius 1 is 1.00 bits per heavy atom. The molecule has 6 heteroatoms. The number of esters is 1. The van der Waals surface area contributed by atoms with Crippen LogP contribution in [0.2, 0.25) is 0 Å². The molecular formula is C20H21Br3O3. The van der Waals surface area contributed by atoms with Gasteiger partial charge in [0.25, 0.3) is 0 Å². The highest BCUT2D eigenvalue weighted by molar-refractivity contribution is 9.11. The van der Waals surface area contributed by atoms with Gasteiger partial charge in [-0.3, -0.25) is 0 Å². The molecule has 0 heterocycles. The van der Waals surface area contributed by atoms with E-state index in [2.05, 4.69) is 54.7 Å². The molecule has 3 nitrogen and oxygen atoms in total. The van der Waals surface area contributed by atoms with Crippen molar-refractivity contribution in [1.82, 2.24) is 0 Å². The van der Waals surface area contributed by atoms with E-state index in [9.17, 15) is 4.79 Å². The summed E-state index contributed by atoms with van der Waals surface area (Å²) in [6.07, 6.45) is 4.62. The van der Waals surface area contributed by atoms with E-state index >= 15 is 0 Å². The van der Waals surface area contributed by atoms with Gasteiger partial charge in [0.05, 0.1) is 21.1 Å². The Bertz CT molecular complexity index is 752. The van der Waals surface area contributed by atoms with E-state index < -0.39 is 5.97 Å². The van der Waals surface area contributed by atoms with Gasteiger partial charge in [-0.1, -0.05) is 42.1 Å². The number of rotatable bonds is 8. The fourth-order valence-electron chi connectivity index (χ4n) is 2.43. The molecule has 2 rings (SSSR count). The zero-order valence-corrected chi connectivity index (χ0v) is 19.5. The van der Waals surface area contributed by atoms with E-state index in [0.717, 1.165) is 31.2 Å². The standard InChI is InChI=1S/C20H21Br3O3/c1-3-4-5-6-9-25-18-8-7-14(11-16(18)22)20(24)26-19-13(2)10-15(21)12-17(19)23/h7-8,10-12H,3-6,9H2,1-2H3. The van der Waals surface area contributed by atoms with E-state index in [1.807, 2.05) is 19.1 Å². The summed E-state index contributed by atoms with van der Waals surface area (Å²) in [5.74, 6) is 0.843. The molecule has 0 unspecified atom stereocenters. The van der Waals surface area contributed by atoms with Gasteiger partial charge in [0.2, 0.25) is 0 Å². The molecule has 0 amide bonds. The van der Waals surface area contributed by atoms with Crippen molar-refractivity contribution in [2.24, 2.45) is 0 Å². The van der Waals surface area contributed by atoms with Gasteiger partial charge in [0.1, 0.15) is 11.5 Å². The minimum Gasteiger partial charge on any atom is -0.492 e. The van der Waals surface area contributed by atoms with E-state index in [1.165, 1.54) is 19.3 Å². The van der Waals surface area contributed by atoms with Crippen LogP contribution in [-0.2, 0) is 0 Å². The molecule has 140 valence electrons. The van der Waals surface area contributed by atoms with Crippen molar-refractivity contribution in [3.63, 3.8) is 0 Å². The lowest BCUT2D eigenvalue weighted by atomic mass is 10.2. The molecule has 0 saturated carbocycles. The summed E-state index contributed by atoms with van der Waals surface area (Å²) in [7, 11) is 0. The molecular weight excluding hydrogens is 528 g/mol. The minimum atomic E-state index is -0.411. The van der Waals surface area contributed by atoms with Gasteiger partial charge in [-0.2, -0.15) is 0 Å². The molecule has 0 aromatic heterocycles. The third-order valence-corrected chi connectivity index (χ3v) is 5.48. The molecule has 0 aliphatic carbocycles. The first-order valence-electron chi connectivity index (χ1n) is 8.52. The molecule has 0 spiro atoms. The largest absolute Gasteiger partial charge is 0.492 e. The molecule has 0 saturated heterocycles. The Hall–Kier alpha value is -0.850. The Kier molecular flexibility index (Phi) is 8.64. The monoisotopic (exact) mass is 546 g/mol. The van der Waals surface area contributed by atoms with Crippen LogP contribution in [0.25, 0.3) is 0 Å². The fraction of sp³-hybridized carbons (Fsp3) is 0.350. The summed E-state index contributed by atoms with van der Waals surface area (Å²) in [4.78, 5) is 12.5. The summed E-state index contributed by atoms with van der Waals surface area (Å²) in [6, 6.07) is 8.99. The number of halogens is 3. The van der Waals surface area contributed by atoms with Crippen molar-refractivity contribution < 1.29 is 14.3 Å². The van der Waals surface area contributed by atoms with Gasteiger partial charge in [0.15, 0.2) is 0 Å². The topological polar surface area (TPSA) is 35.5 Å². The summed E-state index contributed by atoms with van der Waals surface area (Å²) in [6.45, 7) is 4.75. The molecule has 0 fully saturated rings. The number of benzene rings is 2. The van der Waals surface area contributed by atoms with Crippen molar-refractivity contribution in [1.29, 1.82) is 0 Å². The average molecular weight is 549 g/mol. The number of unbranched alkanes of at least 4 members (excludes halogenated alkanes) is 3. The lowest BCUT2D eigenvalue weighted by Crippen LogP contribution is -2.10. The van der Waals surface area contributed by atoms with Crippen molar-refractivity contribution in [2.45, 2.75) is 39.5 Å². The predicted octanol–water partition coefficient (Wildman–Crippen LogP) is 7.46. The maximum absolute atomic E-state index is 12.5. The Balaban J connectivity index is 2.03. The molecule has 0 N–H and O–H groups in total. The summed E-state index contributed by atoms with van der Waals surface area (Å²) in [5, 5.41) is 0. The average Bonchev–Trinajstić information content (AvgIpc) is 2.58. The van der Waals surface area contributed by atoms with Crippen molar-refractivity contribution >= 4 is 53.8 Å². The summed E-state index contributed by atoms with van der Waals surface area (Å²) < 4.78 is 13.7. The molecule has 2 aromatic carbocycles. The summed E-state index contributed by atoms with van der Waals surface area (Å²) >= 11 is 10.3. The second-order valence-electron chi connectivity index (χ2n) is 5.98. The molecule has 0 aliphatic heterocycles. The van der Waals surface area contributed by atoms with Crippen LogP contribution in [0.4, 0.5) is 0 Å². The molecule has 0 aliphatic rings. The van der Waals surface area contributed by atoms with Gasteiger partial charge in [-0.25, -0.2) is 4.79 Å². The fourth-order valence-corrected chi connectivity index (χ4v) is 4.44. The molecule has 0 bridgehead atoms. The number of hydrogen-bond donors (Lipinski definition) is 0. The Morgan fingerprint density at radius 3 is 2.42 bits per heavy atom. The molecule has 26 heavy (non-hydrogen) atoms. The Labute approximate surface area is 179 Å². The van der Waals surface area contributed by atoms with E-state index in [-0.39, 0.29) is 0 Å². The first-order valence-corrected chi connectivity index (χ1v) is 10.9. The van der Waals surface area contributed by atoms with Crippen molar-refractivity contribution in [3.8, 4) is 11.5 Å². The van der Waals surface area contributed by atoms with Crippen LogP contribution in [-0.4, -0.2) is 12.6 Å². The smallest absolute Gasteiger partial charge is 0.343 e. The number of ether oxygens (including phenoxy) is 2. The maximum Gasteiger partial charge on any atom is 0.343 e. The second kappa shape index (κ2) is 10.5. The van der Waals surface area contributed by atoms with Crippen LogP contribution in [0.5, 0.6) is 11.5 Å². The highest BCUT2D eigenvalue weighted by atomic mass is 79.9. The highest BCUT2D eigenvalue weighted by Crippen LogP contribution is 2.33. The lowest BCUT2D eigenvalue weighted by Gasteiger charge is -2.12. The predicted molar refractivity (Wildman–Crippen MR) is 115 cm³/mol. The SMILES string of the molecule is CCCCCCOc1ccc(C(=O)Oc2c(C)cc(Br)cc2Br)cc1Br. The molecule has 0 atom stereocenters. The van der Waals surface area contributed by atoms with Crippen LogP contribution < -0.4 is 9.47 Å². The van der Waals surface area contributed by atoms with Gasteiger partial charge < -0.3 is 9.47 Å². The van der Waals surface area contributed by atoms with Crippen LogP contribution in [0.3, 0.4) is 0 Å². The lowest BCUT2D eigenvalue weighted by molar-refractivity contribution is 0.0732. The maximum atomic E-state index is 12.5. The quantitative estimate of drug-likeness (QED) is 0.195. The number of carbonyl (C=O) groups excluding carboxylic acids is 1. The minimum absolute atomic E-state index is 0.411. The van der Waals surface area contributed by atoms with Crippen molar-refractivity contribution in [2.75, 3.05) is 6.61 Å². The van der Waals surface area contributed by atoms with Crippen LogP contribution in [0.1, 0.15) is 48.5 Å². The van der Waals surface area contributed by atoms with Crippen LogP contribution in [0.15, 0.2) is 43.7 Å². The van der Waals surface area contributed by atoms with E-state index in [4.69, 9.17) is 9.47 Å². The first-order chi connectivity index (χ1) is 12.4. The molecule has 2 aromatic rings. The van der Waals surface area contributed by atoms with Gasteiger partial charge >= 0.3 is 5.97 Å². The van der Waals surface area contributed by atoms with Crippen LogP contribution >= 0.6 is 47.8 Å². The van der Waals surface area contributed by atoms with Crippen LogP contribution in [0, 0.1) is 6.92 Å². The second-order valence-corrected chi connectivity index (χ2v) is 8.60. The van der Waals surface area contributed by atoms with E-state index in [1.54, 1.807) is 18.2 Å². The Morgan fingerprint density at radius 2 is 1.77 bits per heavy atom. The first kappa shape index (κ1) is 21.5. The van der Waals surface area contributed by atoms with Crippen molar-refractivity contribution in [3.05, 3.63) is 54.9 Å². The molecule has 0 radical (unpaired) electrons. The third kappa shape index (κ3) is 6.10. The van der Waals surface area contributed by atoms with E-state index in [0.29, 0.717) is 17.9 Å². The number of hydrogen-bond acceptors (Lipinski definition) is 3. The number of aryl methyl sites for hydroxylation is 1. The zero-order chi connectivity index (χ0) is 19.1. The normalized spacial score (nSPS) is 10.7. The highest BCUT2D eigenvalue weighted by Gasteiger charge is 2.15. The van der Waals surface area contributed by atoms with Gasteiger partial charge in [-0.05, 0) is 81.1 Å². The number of carbonyl (C=O) groups is 1.